The second-order valence-corrected chi connectivity index (χ2v) is 6.84. The van der Waals surface area contributed by atoms with E-state index in [1.54, 1.807) is 19.1 Å². The standard InChI is InChI=1S/C22H22F4O/c1-3-13-9-10-16(20(24)19(13)23)14-5-7-15(8-6-14)17-11-12-18(27-4-2)22(26)21(17)25/h3,9-12,14-15H,1,4-8H2,2H3. The molecule has 1 aliphatic carbocycles. The molecule has 0 heterocycles. The van der Waals surface area contributed by atoms with Crippen LogP contribution in [0, 0.1) is 23.3 Å². The zero-order valence-electron chi connectivity index (χ0n) is 15.2. The van der Waals surface area contributed by atoms with Gasteiger partial charge >= 0.3 is 0 Å². The van der Waals surface area contributed by atoms with E-state index in [-0.39, 0.29) is 29.8 Å². The molecule has 1 nitrogen and oxygen atoms in total. The van der Waals surface area contributed by atoms with Crippen molar-refractivity contribution in [1.82, 2.24) is 0 Å². The normalized spacial score (nSPS) is 19.7. The lowest BCUT2D eigenvalue weighted by Gasteiger charge is -2.30. The van der Waals surface area contributed by atoms with E-state index in [9.17, 15) is 17.6 Å². The van der Waals surface area contributed by atoms with Gasteiger partial charge in [-0.15, -0.1) is 0 Å². The molecule has 27 heavy (non-hydrogen) atoms. The molecule has 1 saturated carbocycles. The van der Waals surface area contributed by atoms with Crippen LogP contribution in [0.1, 0.15) is 61.1 Å². The molecule has 0 N–H and O–H groups in total. The van der Waals surface area contributed by atoms with Gasteiger partial charge in [0.05, 0.1) is 6.61 Å². The molecule has 3 rings (SSSR count). The first-order chi connectivity index (χ1) is 13.0. The molecule has 0 saturated heterocycles. The van der Waals surface area contributed by atoms with Crippen molar-refractivity contribution in [3.8, 4) is 5.75 Å². The maximum atomic E-state index is 14.4. The number of hydrogen-bond donors (Lipinski definition) is 0. The summed E-state index contributed by atoms with van der Waals surface area (Å²) in [5.74, 6) is -3.94. The minimum atomic E-state index is -0.968. The Hall–Kier alpha value is -2.30. The second kappa shape index (κ2) is 8.15. The Kier molecular flexibility index (Phi) is 5.88. The van der Waals surface area contributed by atoms with E-state index in [1.807, 2.05) is 0 Å². The van der Waals surface area contributed by atoms with Gasteiger partial charge in [0.25, 0.3) is 0 Å². The van der Waals surface area contributed by atoms with Gasteiger partial charge in [-0.05, 0) is 61.6 Å². The summed E-state index contributed by atoms with van der Waals surface area (Å²) in [7, 11) is 0. The van der Waals surface area contributed by atoms with Gasteiger partial charge in [-0.25, -0.2) is 13.2 Å². The molecule has 0 spiro atoms. The van der Waals surface area contributed by atoms with Gasteiger partial charge in [0.15, 0.2) is 23.2 Å². The van der Waals surface area contributed by atoms with Crippen molar-refractivity contribution in [2.45, 2.75) is 44.4 Å². The van der Waals surface area contributed by atoms with E-state index in [2.05, 4.69) is 6.58 Å². The van der Waals surface area contributed by atoms with Crippen molar-refractivity contribution in [3.05, 3.63) is 70.8 Å². The van der Waals surface area contributed by atoms with Crippen molar-refractivity contribution in [3.63, 3.8) is 0 Å². The Morgan fingerprint density at radius 2 is 1.37 bits per heavy atom. The van der Waals surface area contributed by atoms with Gasteiger partial charge in [-0.2, -0.15) is 4.39 Å². The average Bonchev–Trinajstić information content (AvgIpc) is 2.68. The van der Waals surface area contributed by atoms with Gasteiger partial charge in [0, 0.05) is 5.56 Å². The van der Waals surface area contributed by atoms with Gasteiger partial charge in [-0.3, -0.25) is 0 Å². The van der Waals surface area contributed by atoms with Crippen LogP contribution in [-0.2, 0) is 0 Å². The smallest absolute Gasteiger partial charge is 0.200 e. The lowest BCUT2D eigenvalue weighted by molar-refractivity contribution is 0.310. The largest absolute Gasteiger partial charge is 0.491 e. The molecule has 5 heteroatoms. The molecular formula is C22H22F4O. The summed E-state index contributed by atoms with van der Waals surface area (Å²) in [5, 5.41) is 0. The van der Waals surface area contributed by atoms with Gasteiger partial charge in [0.1, 0.15) is 0 Å². The Morgan fingerprint density at radius 1 is 0.852 bits per heavy atom. The van der Waals surface area contributed by atoms with E-state index in [4.69, 9.17) is 4.74 Å². The highest BCUT2D eigenvalue weighted by Gasteiger charge is 2.29. The third-order valence-corrected chi connectivity index (χ3v) is 5.35. The summed E-state index contributed by atoms with van der Waals surface area (Å²) in [6.45, 7) is 5.43. The first-order valence-corrected chi connectivity index (χ1v) is 9.18. The van der Waals surface area contributed by atoms with Crippen molar-refractivity contribution < 1.29 is 22.3 Å². The van der Waals surface area contributed by atoms with Crippen LogP contribution in [0.2, 0.25) is 0 Å². The molecule has 2 aromatic carbocycles. The van der Waals surface area contributed by atoms with Crippen molar-refractivity contribution in [1.29, 1.82) is 0 Å². The van der Waals surface area contributed by atoms with Crippen LogP contribution >= 0.6 is 0 Å². The van der Waals surface area contributed by atoms with E-state index in [0.717, 1.165) is 0 Å². The lowest BCUT2D eigenvalue weighted by Crippen LogP contribution is -2.15. The third kappa shape index (κ3) is 3.73. The van der Waals surface area contributed by atoms with E-state index in [0.29, 0.717) is 36.8 Å². The fourth-order valence-electron chi connectivity index (χ4n) is 3.90. The Labute approximate surface area is 156 Å². The van der Waals surface area contributed by atoms with Crippen molar-refractivity contribution in [2.75, 3.05) is 6.61 Å². The van der Waals surface area contributed by atoms with Gasteiger partial charge in [-0.1, -0.05) is 30.9 Å². The molecule has 1 fully saturated rings. The SMILES string of the molecule is C=Cc1ccc(C2CCC(c3ccc(OCC)c(F)c3F)CC2)c(F)c1F. The molecule has 0 aromatic heterocycles. The number of ether oxygens (including phenoxy) is 1. The molecule has 0 radical (unpaired) electrons. The number of rotatable bonds is 5. The van der Waals surface area contributed by atoms with Crippen LogP contribution in [-0.4, -0.2) is 6.61 Å². The molecule has 1 aliphatic rings. The topological polar surface area (TPSA) is 9.23 Å². The van der Waals surface area contributed by atoms with E-state index < -0.39 is 23.3 Å². The van der Waals surface area contributed by atoms with Crippen molar-refractivity contribution in [2.24, 2.45) is 0 Å². The highest BCUT2D eigenvalue weighted by molar-refractivity contribution is 5.49. The fourth-order valence-corrected chi connectivity index (χ4v) is 3.90. The number of benzene rings is 2. The first kappa shape index (κ1) is 19.5. The van der Waals surface area contributed by atoms with E-state index in [1.165, 1.54) is 18.2 Å². The highest BCUT2D eigenvalue weighted by atomic mass is 19.2. The van der Waals surface area contributed by atoms with E-state index >= 15 is 0 Å². The molecule has 144 valence electrons. The predicted molar refractivity (Wildman–Crippen MR) is 97.9 cm³/mol. The minimum absolute atomic E-state index is 0.0905. The summed E-state index contributed by atoms with van der Waals surface area (Å²) < 4.78 is 62.0. The zero-order valence-corrected chi connectivity index (χ0v) is 15.2. The predicted octanol–water partition coefficient (Wildman–Crippen LogP) is 6.73. The molecule has 2 aromatic rings. The monoisotopic (exact) mass is 378 g/mol. The fraction of sp³-hybridized carbons (Fsp3) is 0.364. The Balaban J connectivity index is 1.76. The van der Waals surface area contributed by atoms with Crippen molar-refractivity contribution >= 4 is 6.08 Å². The summed E-state index contributed by atoms with van der Waals surface area (Å²) in [4.78, 5) is 0. The average molecular weight is 378 g/mol. The summed E-state index contributed by atoms with van der Waals surface area (Å²) >= 11 is 0. The molecule has 0 amide bonds. The second-order valence-electron chi connectivity index (χ2n) is 6.84. The zero-order chi connectivity index (χ0) is 19.6. The summed E-state index contributed by atoms with van der Waals surface area (Å²) in [6.07, 6.45) is 3.62. The maximum absolute atomic E-state index is 14.4. The highest BCUT2D eigenvalue weighted by Crippen LogP contribution is 2.43. The quantitative estimate of drug-likeness (QED) is 0.524. The molecular weight excluding hydrogens is 356 g/mol. The minimum Gasteiger partial charge on any atom is -0.491 e. The maximum Gasteiger partial charge on any atom is 0.200 e. The van der Waals surface area contributed by atoms with Gasteiger partial charge < -0.3 is 4.74 Å². The number of hydrogen-bond acceptors (Lipinski definition) is 1. The van der Waals surface area contributed by atoms with Gasteiger partial charge in [0.2, 0.25) is 5.82 Å². The van der Waals surface area contributed by atoms with Crippen LogP contribution in [0.3, 0.4) is 0 Å². The Morgan fingerprint density at radius 3 is 1.89 bits per heavy atom. The molecule has 0 atom stereocenters. The summed E-state index contributed by atoms with van der Waals surface area (Å²) in [6, 6.07) is 6.13. The molecule has 0 bridgehead atoms. The van der Waals surface area contributed by atoms with Crippen LogP contribution in [0.25, 0.3) is 6.08 Å². The van der Waals surface area contributed by atoms with Crippen LogP contribution in [0.4, 0.5) is 17.6 Å². The van der Waals surface area contributed by atoms with Crippen LogP contribution < -0.4 is 4.74 Å². The lowest BCUT2D eigenvalue weighted by atomic mass is 9.75. The number of halogens is 4. The van der Waals surface area contributed by atoms with Crippen LogP contribution in [0.5, 0.6) is 5.75 Å². The molecule has 0 unspecified atom stereocenters. The third-order valence-electron chi connectivity index (χ3n) is 5.35. The first-order valence-electron chi connectivity index (χ1n) is 9.18. The summed E-state index contributed by atoms with van der Waals surface area (Å²) in [5.41, 5.74) is 0.801. The Bertz CT molecular complexity index is 839. The molecule has 0 aliphatic heterocycles. The van der Waals surface area contributed by atoms with Crippen LogP contribution in [0.15, 0.2) is 30.8 Å².